The Labute approximate surface area is 174 Å². The highest BCUT2D eigenvalue weighted by atomic mass is 79.9. The quantitative estimate of drug-likeness (QED) is 0.564. The number of benzene rings is 1. The van der Waals surface area contributed by atoms with E-state index in [0.29, 0.717) is 23.4 Å². The van der Waals surface area contributed by atoms with Gasteiger partial charge in [-0.1, -0.05) is 28.1 Å². The minimum atomic E-state index is -0.355. The average molecular weight is 460 g/mol. The number of hydrogen-bond acceptors (Lipinski definition) is 5. The fraction of sp³-hybridized carbons (Fsp3) is 0.250. The van der Waals surface area contributed by atoms with E-state index < -0.39 is 0 Å². The van der Waals surface area contributed by atoms with Crippen molar-refractivity contribution in [2.24, 2.45) is 0 Å². The lowest BCUT2D eigenvalue weighted by atomic mass is 10.2. The predicted molar refractivity (Wildman–Crippen MR) is 110 cm³/mol. The van der Waals surface area contributed by atoms with Crippen molar-refractivity contribution in [3.63, 3.8) is 0 Å². The summed E-state index contributed by atoms with van der Waals surface area (Å²) in [6.07, 6.45) is 3.75. The standard InChI is InChI=1S/C20H18BrN3O3S/c21-14-4-1-3-13(9-14)11-24(16-6-7-16)18(25)10-15-12-28-20(22-15)23-19(26)17-5-2-8-27-17/h1-5,8-9,12,16H,6-7,10-11H2,(H,22,23,26). The van der Waals surface area contributed by atoms with Gasteiger partial charge in [-0.25, -0.2) is 4.98 Å². The van der Waals surface area contributed by atoms with Crippen molar-refractivity contribution in [1.29, 1.82) is 0 Å². The van der Waals surface area contributed by atoms with E-state index in [1.54, 1.807) is 17.5 Å². The third-order valence-electron chi connectivity index (χ3n) is 4.40. The van der Waals surface area contributed by atoms with Crippen molar-refractivity contribution in [2.45, 2.75) is 31.8 Å². The molecule has 1 fully saturated rings. The molecule has 1 saturated carbocycles. The lowest BCUT2D eigenvalue weighted by Gasteiger charge is -2.22. The van der Waals surface area contributed by atoms with Crippen LogP contribution >= 0.6 is 27.3 Å². The van der Waals surface area contributed by atoms with Crippen molar-refractivity contribution >= 4 is 44.2 Å². The monoisotopic (exact) mass is 459 g/mol. The zero-order chi connectivity index (χ0) is 19.5. The van der Waals surface area contributed by atoms with Gasteiger partial charge >= 0.3 is 0 Å². The van der Waals surface area contributed by atoms with E-state index in [4.69, 9.17) is 4.42 Å². The highest BCUT2D eigenvalue weighted by Crippen LogP contribution is 2.30. The molecule has 6 nitrogen and oxygen atoms in total. The lowest BCUT2D eigenvalue weighted by Crippen LogP contribution is -2.33. The first-order valence-electron chi connectivity index (χ1n) is 8.91. The highest BCUT2D eigenvalue weighted by molar-refractivity contribution is 9.10. The number of anilines is 1. The maximum atomic E-state index is 12.9. The van der Waals surface area contributed by atoms with Crippen molar-refractivity contribution in [3.05, 3.63) is 69.5 Å². The van der Waals surface area contributed by atoms with Crippen LogP contribution in [0, 0.1) is 0 Å². The largest absolute Gasteiger partial charge is 0.459 e. The highest BCUT2D eigenvalue weighted by Gasteiger charge is 2.32. The Bertz CT molecular complexity index is 982. The summed E-state index contributed by atoms with van der Waals surface area (Å²) >= 11 is 4.78. The molecule has 28 heavy (non-hydrogen) atoms. The molecule has 2 aromatic heterocycles. The minimum absolute atomic E-state index is 0.0525. The van der Waals surface area contributed by atoms with Gasteiger partial charge in [0.05, 0.1) is 18.4 Å². The van der Waals surface area contributed by atoms with E-state index in [2.05, 4.69) is 26.2 Å². The van der Waals surface area contributed by atoms with Gasteiger partial charge in [0.15, 0.2) is 10.9 Å². The van der Waals surface area contributed by atoms with Gasteiger partial charge in [0.25, 0.3) is 5.91 Å². The van der Waals surface area contributed by atoms with Crippen LogP contribution in [0.5, 0.6) is 0 Å². The first kappa shape index (κ1) is 18.9. The molecule has 2 amide bonds. The Morgan fingerprint density at radius 2 is 2.14 bits per heavy atom. The van der Waals surface area contributed by atoms with Gasteiger partial charge in [-0.15, -0.1) is 11.3 Å². The first-order valence-corrected chi connectivity index (χ1v) is 10.6. The third kappa shape index (κ3) is 4.69. The van der Waals surface area contributed by atoms with E-state index in [1.165, 1.54) is 17.6 Å². The second-order valence-corrected chi connectivity index (χ2v) is 8.41. The summed E-state index contributed by atoms with van der Waals surface area (Å²) in [5, 5.41) is 4.95. The summed E-state index contributed by atoms with van der Waals surface area (Å²) in [6, 6.07) is 11.6. The van der Waals surface area contributed by atoms with Crippen molar-refractivity contribution < 1.29 is 14.0 Å². The molecule has 0 saturated heterocycles. The predicted octanol–water partition coefficient (Wildman–Crippen LogP) is 4.48. The second-order valence-electron chi connectivity index (χ2n) is 6.63. The fourth-order valence-electron chi connectivity index (χ4n) is 2.91. The molecule has 0 radical (unpaired) electrons. The SMILES string of the molecule is O=C(Nc1nc(CC(=O)N(Cc2cccc(Br)c2)C2CC2)cs1)c1ccco1. The van der Waals surface area contributed by atoms with Gasteiger partial charge in [-0.05, 0) is 42.7 Å². The number of nitrogens with zero attached hydrogens (tertiary/aromatic N) is 2. The number of rotatable bonds is 7. The number of halogens is 1. The number of hydrogen-bond donors (Lipinski definition) is 1. The zero-order valence-corrected chi connectivity index (χ0v) is 17.3. The van der Waals surface area contributed by atoms with Gasteiger partial charge in [-0.2, -0.15) is 0 Å². The molecule has 2 heterocycles. The van der Waals surface area contributed by atoms with E-state index in [1.807, 2.05) is 29.2 Å². The molecule has 1 aromatic carbocycles. The molecule has 3 aromatic rings. The molecule has 4 rings (SSSR count). The van der Waals surface area contributed by atoms with Crippen LogP contribution in [0.15, 0.2) is 56.9 Å². The lowest BCUT2D eigenvalue weighted by molar-refractivity contribution is -0.131. The number of carbonyl (C=O) groups is 2. The number of amides is 2. The van der Waals surface area contributed by atoms with Crippen LogP contribution in [0.4, 0.5) is 5.13 Å². The number of thiazole rings is 1. The molecule has 1 aliphatic carbocycles. The molecular weight excluding hydrogens is 442 g/mol. The average Bonchev–Trinajstić information content (AvgIpc) is 3.16. The molecule has 0 bridgehead atoms. The van der Waals surface area contributed by atoms with Crippen molar-refractivity contribution in [2.75, 3.05) is 5.32 Å². The summed E-state index contributed by atoms with van der Waals surface area (Å²) in [5.74, 6) is -0.0788. The molecule has 0 aliphatic heterocycles. The molecule has 144 valence electrons. The Morgan fingerprint density at radius 1 is 1.29 bits per heavy atom. The maximum absolute atomic E-state index is 12.9. The van der Waals surface area contributed by atoms with E-state index in [-0.39, 0.29) is 24.0 Å². The summed E-state index contributed by atoms with van der Waals surface area (Å²) in [5.41, 5.74) is 1.75. The molecule has 8 heteroatoms. The van der Waals surface area contributed by atoms with E-state index in [9.17, 15) is 9.59 Å². The molecule has 1 aliphatic rings. The van der Waals surface area contributed by atoms with Crippen LogP contribution in [0.2, 0.25) is 0 Å². The van der Waals surface area contributed by atoms with Crippen LogP contribution in [0.3, 0.4) is 0 Å². The van der Waals surface area contributed by atoms with Gasteiger partial charge in [0.1, 0.15) is 0 Å². The molecule has 0 spiro atoms. The van der Waals surface area contributed by atoms with Gasteiger partial charge in [-0.3, -0.25) is 14.9 Å². The summed E-state index contributed by atoms with van der Waals surface area (Å²) in [6.45, 7) is 0.592. The Hall–Kier alpha value is -2.45. The number of aromatic nitrogens is 1. The van der Waals surface area contributed by atoms with Crippen LogP contribution in [0.1, 0.15) is 34.7 Å². The number of nitrogens with one attached hydrogen (secondary N) is 1. The minimum Gasteiger partial charge on any atom is -0.459 e. The van der Waals surface area contributed by atoms with Gasteiger partial charge < -0.3 is 9.32 Å². The fourth-order valence-corrected chi connectivity index (χ4v) is 4.06. The molecule has 1 N–H and O–H groups in total. The van der Waals surface area contributed by atoms with Crippen LogP contribution < -0.4 is 5.32 Å². The first-order chi connectivity index (χ1) is 13.6. The molecule has 0 atom stereocenters. The number of carbonyl (C=O) groups excluding carboxylic acids is 2. The Morgan fingerprint density at radius 3 is 2.86 bits per heavy atom. The van der Waals surface area contributed by atoms with Crippen LogP contribution in [0.25, 0.3) is 0 Å². The normalized spacial score (nSPS) is 13.3. The Balaban J connectivity index is 1.39. The van der Waals surface area contributed by atoms with Crippen molar-refractivity contribution in [3.8, 4) is 0 Å². The van der Waals surface area contributed by atoms with Crippen LogP contribution in [-0.4, -0.2) is 27.7 Å². The molecule has 0 unspecified atom stereocenters. The zero-order valence-electron chi connectivity index (χ0n) is 14.9. The second kappa shape index (κ2) is 8.28. The van der Waals surface area contributed by atoms with E-state index >= 15 is 0 Å². The van der Waals surface area contributed by atoms with E-state index in [0.717, 1.165) is 22.9 Å². The van der Waals surface area contributed by atoms with Crippen LogP contribution in [-0.2, 0) is 17.8 Å². The number of furan rings is 1. The maximum Gasteiger partial charge on any atom is 0.293 e. The topological polar surface area (TPSA) is 75.4 Å². The molecular formula is C20H18BrN3O3S. The summed E-state index contributed by atoms with van der Waals surface area (Å²) in [7, 11) is 0. The Kier molecular flexibility index (Phi) is 5.59. The van der Waals surface area contributed by atoms with Crippen molar-refractivity contribution in [1.82, 2.24) is 9.88 Å². The third-order valence-corrected chi connectivity index (χ3v) is 5.70. The smallest absolute Gasteiger partial charge is 0.293 e. The van der Waals surface area contributed by atoms with Gasteiger partial charge in [0, 0.05) is 22.4 Å². The summed E-state index contributed by atoms with van der Waals surface area (Å²) < 4.78 is 6.07. The van der Waals surface area contributed by atoms with Gasteiger partial charge in [0.2, 0.25) is 5.91 Å². The summed E-state index contributed by atoms with van der Waals surface area (Å²) in [4.78, 5) is 31.2.